The Bertz CT molecular complexity index is 1420. The van der Waals surface area contributed by atoms with Crippen molar-refractivity contribution in [2.75, 3.05) is 56.7 Å². The quantitative estimate of drug-likeness (QED) is 0.348. The van der Waals surface area contributed by atoms with Crippen molar-refractivity contribution in [3.63, 3.8) is 0 Å². The molecule has 2 fully saturated rings. The van der Waals surface area contributed by atoms with Gasteiger partial charge in [-0.05, 0) is 42.0 Å². The van der Waals surface area contributed by atoms with Crippen molar-refractivity contribution in [2.24, 2.45) is 0 Å². The van der Waals surface area contributed by atoms with Crippen LogP contribution in [0.15, 0.2) is 61.1 Å². The molecule has 4 aromatic rings. The molecule has 2 aliphatic heterocycles. The zero-order valence-electron chi connectivity index (χ0n) is 20.3. The van der Waals surface area contributed by atoms with Crippen molar-refractivity contribution in [3.05, 3.63) is 66.6 Å². The molecule has 0 aliphatic carbocycles. The van der Waals surface area contributed by atoms with Crippen LogP contribution in [0.25, 0.3) is 22.3 Å². The van der Waals surface area contributed by atoms with Gasteiger partial charge in [0.1, 0.15) is 0 Å². The molecule has 184 valence electrons. The Morgan fingerprint density at radius 2 is 1.89 bits per heavy atom. The summed E-state index contributed by atoms with van der Waals surface area (Å²) in [6.07, 6.45) is 6.89. The molecular weight excluding hydrogens is 452 g/mol. The predicted molar refractivity (Wildman–Crippen MR) is 144 cm³/mol. The fraction of sp³-hybridized carbons (Fsp3) is 0.296. The number of allylic oxidation sites excluding steroid dienone is 1. The standard InChI is InChI=1S/C27H30N8O/c1-29-16-20(15-28)19-2-7-24-25(14-19)35-9-8-30-27(35)26(32-24)31-21-3-5-22(6-4-21)33-10-12-34(13-11-33)23-17-36-18-23/h2-9,14-16,23,28-29H,10-13,17-18H2,1H3,(H,31,32)/b20-16+,28-15?. The first-order chi connectivity index (χ1) is 17.7. The minimum atomic E-state index is 0.613. The summed E-state index contributed by atoms with van der Waals surface area (Å²) < 4.78 is 7.39. The van der Waals surface area contributed by atoms with E-state index in [-0.39, 0.29) is 0 Å². The average molecular weight is 483 g/mol. The van der Waals surface area contributed by atoms with Gasteiger partial charge in [-0.25, -0.2) is 9.97 Å². The van der Waals surface area contributed by atoms with Crippen LogP contribution in [0.1, 0.15) is 5.56 Å². The van der Waals surface area contributed by atoms with E-state index in [0.717, 1.165) is 72.9 Å². The van der Waals surface area contributed by atoms with Gasteiger partial charge in [-0.2, -0.15) is 0 Å². The summed E-state index contributed by atoms with van der Waals surface area (Å²) in [5.74, 6) is 0.711. The number of hydrogen-bond donors (Lipinski definition) is 3. The molecular formula is C27H30N8O. The largest absolute Gasteiger partial charge is 0.393 e. The maximum Gasteiger partial charge on any atom is 0.180 e. The number of nitrogens with zero attached hydrogens (tertiary/aromatic N) is 5. The predicted octanol–water partition coefficient (Wildman–Crippen LogP) is 3.36. The maximum absolute atomic E-state index is 7.73. The summed E-state index contributed by atoms with van der Waals surface area (Å²) in [7, 11) is 1.83. The summed E-state index contributed by atoms with van der Waals surface area (Å²) >= 11 is 0. The van der Waals surface area contributed by atoms with Crippen molar-refractivity contribution in [1.29, 1.82) is 5.41 Å². The average Bonchev–Trinajstić information content (AvgIpc) is 3.38. The molecule has 2 saturated heterocycles. The molecule has 0 atom stereocenters. The van der Waals surface area contributed by atoms with E-state index in [9.17, 15) is 0 Å². The number of ether oxygens (including phenoxy) is 1. The molecule has 9 nitrogen and oxygen atoms in total. The highest BCUT2D eigenvalue weighted by Crippen LogP contribution is 2.27. The molecule has 2 aliphatic rings. The van der Waals surface area contributed by atoms with Crippen molar-refractivity contribution in [2.45, 2.75) is 6.04 Å². The normalized spacial score (nSPS) is 17.4. The van der Waals surface area contributed by atoms with Gasteiger partial charge in [-0.1, -0.05) is 6.07 Å². The van der Waals surface area contributed by atoms with E-state index in [1.54, 1.807) is 6.20 Å². The van der Waals surface area contributed by atoms with E-state index in [1.807, 2.05) is 42.0 Å². The van der Waals surface area contributed by atoms with Crippen molar-refractivity contribution >= 4 is 45.7 Å². The van der Waals surface area contributed by atoms with E-state index in [0.29, 0.717) is 11.9 Å². The molecule has 0 saturated carbocycles. The lowest BCUT2D eigenvalue weighted by molar-refractivity contribution is -0.0660. The molecule has 9 heteroatoms. The van der Waals surface area contributed by atoms with Crippen LogP contribution in [0.4, 0.5) is 17.2 Å². The first kappa shape index (κ1) is 22.5. The summed E-state index contributed by atoms with van der Waals surface area (Å²) in [5, 5.41) is 14.2. The minimum absolute atomic E-state index is 0.613. The Morgan fingerprint density at radius 3 is 2.58 bits per heavy atom. The Morgan fingerprint density at radius 1 is 1.08 bits per heavy atom. The molecule has 4 heterocycles. The van der Waals surface area contributed by atoms with Crippen molar-refractivity contribution < 1.29 is 4.74 Å². The van der Waals surface area contributed by atoms with Gasteiger partial charge >= 0.3 is 0 Å². The van der Waals surface area contributed by atoms with Crippen LogP contribution in [-0.4, -0.2) is 78.0 Å². The van der Waals surface area contributed by atoms with Gasteiger partial charge in [0.15, 0.2) is 11.5 Å². The zero-order chi connectivity index (χ0) is 24.5. The van der Waals surface area contributed by atoms with Gasteiger partial charge in [0, 0.05) is 75.0 Å². The highest BCUT2D eigenvalue weighted by molar-refractivity contribution is 6.09. The summed E-state index contributed by atoms with van der Waals surface area (Å²) in [6, 6.07) is 15.2. The lowest BCUT2D eigenvalue weighted by atomic mass is 10.1. The van der Waals surface area contributed by atoms with E-state index in [4.69, 9.17) is 15.1 Å². The van der Waals surface area contributed by atoms with Crippen molar-refractivity contribution in [1.82, 2.24) is 24.6 Å². The molecule has 0 amide bonds. The van der Waals surface area contributed by atoms with E-state index in [2.05, 4.69) is 49.7 Å². The van der Waals surface area contributed by atoms with Crippen LogP contribution in [0, 0.1) is 5.41 Å². The molecule has 2 aromatic carbocycles. The lowest BCUT2D eigenvalue weighted by Gasteiger charge is -2.43. The first-order valence-electron chi connectivity index (χ1n) is 12.3. The molecule has 2 aromatic heterocycles. The Hall–Kier alpha value is -3.95. The number of rotatable bonds is 7. The summed E-state index contributed by atoms with van der Waals surface area (Å²) in [4.78, 5) is 14.4. The number of benzene rings is 2. The molecule has 0 bridgehead atoms. The monoisotopic (exact) mass is 482 g/mol. The van der Waals surface area contributed by atoms with Gasteiger partial charge in [-0.3, -0.25) is 9.30 Å². The number of aromatic nitrogens is 3. The van der Waals surface area contributed by atoms with E-state index < -0.39 is 0 Å². The highest BCUT2D eigenvalue weighted by Gasteiger charge is 2.28. The second-order valence-electron chi connectivity index (χ2n) is 9.20. The SMILES string of the molecule is CN/C=C(\C=N)c1ccc2nc(Nc3ccc(N4CCN(C5COC5)CC4)cc3)c3nccn3c2c1. The molecule has 0 spiro atoms. The van der Waals surface area contributed by atoms with Gasteiger partial charge < -0.3 is 25.7 Å². The van der Waals surface area contributed by atoms with Gasteiger partial charge in [0.2, 0.25) is 0 Å². The third-order valence-electron chi connectivity index (χ3n) is 7.05. The second kappa shape index (κ2) is 9.60. The molecule has 36 heavy (non-hydrogen) atoms. The minimum Gasteiger partial charge on any atom is -0.393 e. The molecule has 0 radical (unpaired) electrons. The Labute approximate surface area is 209 Å². The number of nitrogens with one attached hydrogen (secondary N) is 3. The van der Waals surface area contributed by atoms with Crippen LogP contribution in [-0.2, 0) is 4.74 Å². The lowest BCUT2D eigenvalue weighted by Crippen LogP contribution is -2.56. The van der Waals surface area contributed by atoms with Crippen molar-refractivity contribution in [3.8, 4) is 0 Å². The highest BCUT2D eigenvalue weighted by atomic mass is 16.5. The molecule has 6 rings (SSSR count). The summed E-state index contributed by atoms with van der Waals surface area (Å²) in [5.41, 5.74) is 6.51. The smallest absolute Gasteiger partial charge is 0.180 e. The number of fused-ring (bicyclic) bond motifs is 3. The third kappa shape index (κ3) is 4.16. The second-order valence-corrected chi connectivity index (χ2v) is 9.20. The van der Waals surface area contributed by atoms with Crippen LogP contribution >= 0.6 is 0 Å². The van der Waals surface area contributed by atoms with Crippen LogP contribution in [0.2, 0.25) is 0 Å². The van der Waals surface area contributed by atoms with E-state index in [1.165, 1.54) is 11.9 Å². The number of imidazole rings is 1. The Kier molecular flexibility index (Phi) is 6.00. The number of anilines is 3. The van der Waals surface area contributed by atoms with Gasteiger partial charge in [-0.15, -0.1) is 0 Å². The first-order valence-corrected chi connectivity index (χ1v) is 12.3. The zero-order valence-corrected chi connectivity index (χ0v) is 20.3. The fourth-order valence-corrected chi connectivity index (χ4v) is 4.95. The maximum atomic E-state index is 7.73. The number of piperazine rings is 1. The third-order valence-corrected chi connectivity index (χ3v) is 7.05. The summed E-state index contributed by atoms with van der Waals surface area (Å²) in [6.45, 7) is 6.00. The van der Waals surface area contributed by atoms with Crippen LogP contribution in [0.3, 0.4) is 0 Å². The van der Waals surface area contributed by atoms with Gasteiger partial charge in [0.05, 0.1) is 30.3 Å². The molecule has 3 N–H and O–H groups in total. The van der Waals surface area contributed by atoms with E-state index >= 15 is 0 Å². The Balaban J connectivity index is 1.22. The molecule has 0 unspecified atom stereocenters. The number of hydrogen-bond acceptors (Lipinski definition) is 8. The fourth-order valence-electron chi connectivity index (χ4n) is 4.95. The van der Waals surface area contributed by atoms with Crippen LogP contribution < -0.4 is 15.5 Å². The van der Waals surface area contributed by atoms with Crippen LogP contribution in [0.5, 0.6) is 0 Å². The topological polar surface area (TPSA) is 93.8 Å². The van der Waals surface area contributed by atoms with Gasteiger partial charge in [0.25, 0.3) is 0 Å².